The van der Waals surface area contributed by atoms with Crippen molar-refractivity contribution < 1.29 is 9.13 Å². The van der Waals surface area contributed by atoms with Crippen LogP contribution in [-0.2, 0) is 0 Å². The van der Waals surface area contributed by atoms with Gasteiger partial charge >= 0.3 is 0 Å². The van der Waals surface area contributed by atoms with Crippen molar-refractivity contribution in [1.29, 1.82) is 0 Å². The maximum atomic E-state index is 14.1. The molecule has 0 N–H and O–H groups in total. The molecule has 2 aromatic carbocycles. The molecular weight excluding hydrogens is 490 g/mol. The average Bonchev–Trinajstić information content (AvgIpc) is 2.40. The summed E-state index contributed by atoms with van der Waals surface area (Å²) in [6, 6.07) is 10.9. The van der Waals surface area contributed by atoms with Crippen molar-refractivity contribution in [3.63, 3.8) is 0 Å². The molecule has 5 heteroatoms. The van der Waals surface area contributed by atoms with Gasteiger partial charge in [-0.15, -0.1) is 0 Å². The van der Waals surface area contributed by atoms with Crippen LogP contribution in [0.5, 0.6) is 5.75 Å². The molecule has 2 rings (SSSR count). The van der Waals surface area contributed by atoms with Crippen molar-refractivity contribution in [3.05, 3.63) is 61.4 Å². The fourth-order valence-electron chi connectivity index (χ4n) is 1.72. The van der Waals surface area contributed by atoms with Crippen LogP contribution >= 0.6 is 54.5 Å². The number of benzene rings is 2. The molecule has 0 heterocycles. The average molecular weight is 500 g/mol. The first-order valence-electron chi connectivity index (χ1n) is 5.45. The van der Waals surface area contributed by atoms with E-state index < -0.39 is 0 Å². The number of alkyl halides is 1. The first-order valence-corrected chi connectivity index (χ1v) is 8.24. The van der Waals surface area contributed by atoms with Crippen LogP contribution in [0.2, 0.25) is 0 Å². The monoisotopic (exact) mass is 498 g/mol. The molecule has 0 spiro atoms. The summed E-state index contributed by atoms with van der Waals surface area (Å²) in [5.41, 5.74) is 1.62. The molecule has 0 saturated carbocycles. The standard InChI is InChI=1S/C14H10Br2FIO/c1-19-9-3-4-10(12(17)7-9)14(16)11-6-8(15)2-5-13(11)18/h2-7,14H,1H3. The highest BCUT2D eigenvalue weighted by Gasteiger charge is 2.18. The van der Waals surface area contributed by atoms with Gasteiger partial charge in [-0.2, -0.15) is 0 Å². The van der Waals surface area contributed by atoms with E-state index in [1.165, 1.54) is 13.2 Å². The van der Waals surface area contributed by atoms with Crippen molar-refractivity contribution in [3.8, 4) is 5.75 Å². The Morgan fingerprint density at radius 2 is 1.89 bits per heavy atom. The van der Waals surface area contributed by atoms with Crippen molar-refractivity contribution in [1.82, 2.24) is 0 Å². The molecule has 0 aliphatic rings. The van der Waals surface area contributed by atoms with Crippen molar-refractivity contribution in [2.24, 2.45) is 0 Å². The van der Waals surface area contributed by atoms with E-state index in [1.54, 1.807) is 12.1 Å². The molecule has 2 aromatic rings. The van der Waals surface area contributed by atoms with Gasteiger partial charge in [-0.05, 0) is 52.4 Å². The van der Waals surface area contributed by atoms with Crippen LogP contribution in [0, 0.1) is 9.39 Å². The number of hydrogen-bond donors (Lipinski definition) is 0. The lowest BCUT2D eigenvalue weighted by molar-refractivity contribution is 0.411. The lowest BCUT2D eigenvalue weighted by Gasteiger charge is -2.14. The van der Waals surface area contributed by atoms with Gasteiger partial charge < -0.3 is 4.74 Å². The summed E-state index contributed by atoms with van der Waals surface area (Å²) >= 11 is 9.26. The summed E-state index contributed by atoms with van der Waals surface area (Å²) in [5.74, 6) is 0.238. The van der Waals surface area contributed by atoms with Crippen LogP contribution in [0.1, 0.15) is 16.0 Å². The summed E-state index contributed by atoms with van der Waals surface area (Å²) < 4.78 is 21.2. The normalized spacial score (nSPS) is 12.3. The van der Waals surface area contributed by atoms with Gasteiger partial charge in [0.1, 0.15) is 11.6 Å². The van der Waals surface area contributed by atoms with E-state index >= 15 is 0 Å². The summed E-state index contributed by atoms with van der Waals surface area (Å²) in [5, 5.41) is 0. The summed E-state index contributed by atoms with van der Waals surface area (Å²) in [6.45, 7) is 0. The molecule has 0 radical (unpaired) electrons. The third kappa shape index (κ3) is 3.49. The van der Waals surface area contributed by atoms with Gasteiger partial charge in [0.2, 0.25) is 0 Å². The zero-order chi connectivity index (χ0) is 14.0. The van der Waals surface area contributed by atoms with Gasteiger partial charge in [-0.1, -0.05) is 37.9 Å². The van der Waals surface area contributed by atoms with Gasteiger partial charge in [0, 0.05) is 19.7 Å². The fourth-order valence-corrected chi connectivity index (χ4v) is 3.92. The zero-order valence-electron chi connectivity index (χ0n) is 9.96. The van der Waals surface area contributed by atoms with E-state index in [9.17, 15) is 4.39 Å². The maximum absolute atomic E-state index is 14.1. The molecule has 1 nitrogen and oxygen atoms in total. The number of halogens is 4. The Labute approximate surface area is 141 Å². The second-order valence-electron chi connectivity index (χ2n) is 3.92. The minimum Gasteiger partial charge on any atom is -0.497 e. The molecule has 100 valence electrons. The molecule has 0 aromatic heterocycles. The van der Waals surface area contributed by atoms with Gasteiger partial charge in [0.05, 0.1) is 11.9 Å². The fraction of sp³-hybridized carbons (Fsp3) is 0.143. The molecule has 0 fully saturated rings. The summed E-state index contributed by atoms with van der Waals surface area (Å²) in [7, 11) is 1.53. The SMILES string of the molecule is COc1ccc(C(Br)c2cc(Br)ccc2I)c(F)c1. The lowest BCUT2D eigenvalue weighted by Crippen LogP contribution is -1.99. The Balaban J connectivity index is 2.43. The number of ether oxygens (including phenoxy) is 1. The first-order chi connectivity index (χ1) is 9.02. The highest BCUT2D eigenvalue weighted by molar-refractivity contribution is 14.1. The second-order valence-corrected chi connectivity index (χ2v) is 6.91. The zero-order valence-corrected chi connectivity index (χ0v) is 15.3. The van der Waals surface area contributed by atoms with Crippen LogP contribution < -0.4 is 4.74 Å². The van der Waals surface area contributed by atoms with E-state index in [-0.39, 0.29) is 10.6 Å². The van der Waals surface area contributed by atoms with E-state index in [4.69, 9.17) is 4.74 Å². The highest BCUT2D eigenvalue weighted by atomic mass is 127. The van der Waals surface area contributed by atoms with Crippen molar-refractivity contribution >= 4 is 54.5 Å². The second kappa shape index (κ2) is 6.54. The lowest BCUT2D eigenvalue weighted by atomic mass is 10.0. The predicted octanol–water partition coefficient (Wildman–Crippen LogP) is 5.69. The largest absolute Gasteiger partial charge is 0.497 e. The minimum atomic E-state index is -0.281. The number of methoxy groups -OCH3 is 1. The Bertz CT molecular complexity index is 604. The Hall–Kier alpha value is -0.140. The highest BCUT2D eigenvalue weighted by Crippen LogP contribution is 2.37. The van der Waals surface area contributed by atoms with Crippen molar-refractivity contribution in [2.75, 3.05) is 7.11 Å². The minimum absolute atomic E-state index is 0.192. The molecule has 1 atom stereocenters. The molecular formula is C14H10Br2FIO. The third-order valence-electron chi connectivity index (χ3n) is 2.71. The van der Waals surface area contributed by atoms with Crippen LogP contribution in [0.4, 0.5) is 4.39 Å². The van der Waals surface area contributed by atoms with Gasteiger partial charge in [0.15, 0.2) is 0 Å². The van der Waals surface area contributed by atoms with Gasteiger partial charge in [-0.25, -0.2) is 4.39 Å². The third-order valence-corrected chi connectivity index (χ3v) is 5.17. The van der Waals surface area contributed by atoms with Crippen molar-refractivity contribution in [2.45, 2.75) is 4.83 Å². The quantitative estimate of drug-likeness (QED) is 0.390. The van der Waals surface area contributed by atoms with E-state index in [1.807, 2.05) is 18.2 Å². The number of rotatable bonds is 3. The molecule has 0 bridgehead atoms. The van der Waals surface area contributed by atoms with Gasteiger partial charge in [0.25, 0.3) is 0 Å². The molecule has 19 heavy (non-hydrogen) atoms. The smallest absolute Gasteiger partial charge is 0.131 e. The van der Waals surface area contributed by atoms with Gasteiger partial charge in [-0.3, -0.25) is 0 Å². The van der Waals surface area contributed by atoms with Crippen LogP contribution in [-0.4, -0.2) is 7.11 Å². The van der Waals surface area contributed by atoms with E-state index in [0.29, 0.717) is 11.3 Å². The Morgan fingerprint density at radius 1 is 1.16 bits per heavy atom. The van der Waals surface area contributed by atoms with E-state index in [2.05, 4.69) is 54.5 Å². The number of hydrogen-bond acceptors (Lipinski definition) is 1. The maximum Gasteiger partial charge on any atom is 0.131 e. The predicted molar refractivity (Wildman–Crippen MR) is 90.6 cm³/mol. The molecule has 0 saturated heterocycles. The van der Waals surface area contributed by atoms with E-state index in [0.717, 1.165) is 13.6 Å². The van der Waals surface area contributed by atoms with Crippen LogP contribution in [0.15, 0.2) is 40.9 Å². The van der Waals surface area contributed by atoms with Crippen LogP contribution in [0.25, 0.3) is 0 Å². The molecule has 0 amide bonds. The molecule has 1 unspecified atom stereocenters. The molecule has 0 aliphatic heterocycles. The Kier molecular flexibility index (Phi) is 5.25. The first kappa shape index (κ1) is 15.3. The summed E-state index contributed by atoms with van der Waals surface area (Å²) in [4.78, 5) is -0.192. The molecule has 0 aliphatic carbocycles. The van der Waals surface area contributed by atoms with Crippen LogP contribution in [0.3, 0.4) is 0 Å². The topological polar surface area (TPSA) is 9.23 Å². The Morgan fingerprint density at radius 3 is 2.53 bits per heavy atom. The summed E-state index contributed by atoms with van der Waals surface area (Å²) in [6.07, 6.45) is 0.